The van der Waals surface area contributed by atoms with E-state index in [0.717, 1.165) is 12.3 Å². The molecule has 0 saturated carbocycles. The molecule has 0 aromatic rings. The number of hydrogen-bond acceptors (Lipinski definition) is 1. The highest BCUT2D eigenvalue weighted by Crippen LogP contribution is 2.46. The molecule has 1 rings (SSSR count). The van der Waals surface area contributed by atoms with E-state index in [0.29, 0.717) is 17.9 Å². The molecule has 0 spiro atoms. The number of aliphatic hydroxyl groups is 1. The number of allylic oxidation sites excluding steroid dienone is 2. The summed E-state index contributed by atoms with van der Waals surface area (Å²) >= 11 is 0. The van der Waals surface area contributed by atoms with Crippen molar-refractivity contribution in [3.63, 3.8) is 0 Å². The summed E-state index contributed by atoms with van der Waals surface area (Å²) in [6.07, 6.45) is 4.46. The lowest BCUT2D eigenvalue weighted by Crippen LogP contribution is -2.35. The van der Waals surface area contributed by atoms with Crippen LogP contribution in [-0.2, 0) is 0 Å². The first-order valence-electron chi connectivity index (χ1n) is 5.27. The molecule has 0 aromatic heterocycles. The molecule has 1 aliphatic carbocycles. The highest BCUT2D eigenvalue weighted by atomic mass is 16.3. The minimum Gasteiger partial charge on any atom is -0.396 e. The van der Waals surface area contributed by atoms with E-state index in [-0.39, 0.29) is 0 Å². The molecule has 1 aliphatic rings. The molecular weight excluding hydrogens is 160 g/mol. The van der Waals surface area contributed by atoms with Crippen molar-refractivity contribution in [2.24, 2.45) is 17.3 Å². The Morgan fingerprint density at radius 1 is 1.54 bits per heavy atom. The standard InChI is InChI=1S/C12H22O/c1-9-5-6-10(2)12(3,4)11(9)7-8-13/h5,10-11,13H,6-8H2,1-4H3. The van der Waals surface area contributed by atoms with E-state index >= 15 is 0 Å². The van der Waals surface area contributed by atoms with Crippen LogP contribution >= 0.6 is 0 Å². The van der Waals surface area contributed by atoms with Crippen LogP contribution in [0.25, 0.3) is 0 Å². The van der Waals surface area contributed by atoms with Gasteiger partial charge in [0.2, 0.25) is 0 Å². The maximum Gasteiger partial charge on any atom is 0.0436 e. The van der Waals surface area contributed by atoms with Crippen LogP contribution < -0.4 is 0 Å². The first-order valence-corrected chi connectivity index (χ1v) is 5.27. The van der Waals surface area contributed by atoms with Gasteiger partial charge in [-0.3, -0.25) is 0 Å². The fourth-order valence-corrected chi connectivity index (χ4v) is 2.47. The molecule has 0 radical (unpaired) electrons. The second-order valence-electron chi connectivity index (χ2n) is 4.97. The first kappa shape index (κ1) is 10.8. The first-order chi connectivity index (χ1) is 6.00. The molecule has 0 aromatic carbocycles. The van der Waals surface area contributed by atoms with E-state index in [1.807, 2.05) is 0 Å². The van der Waals surface area contributed by atoms with Gasteiger partial charge in [-0.1, -0.05) is 32.4 Å². The average Bonchev–Trinajstić information content (AvgIpc) is 2.06. The van der Waals surface area contributed by atoms with Gasteiger partial charge in [0.15, 0.2) is 0 Å². The Kier molecular flexibility index (Phi) is 3.18. The lowest BCUT2D eigenvalue weighted by atomic mass is 9.62. The molecule has 0 aliphatic heterocycles. The van der Waals surface area contributed by atoms with Crippen LogP contribution in [0.4, 0.5) is 0 Å². The average molecular weight is 182 g/mol. The Labute approximate surface area is 81.9 Å². The molecule has 1 heteroatoms. The Morgan fingerprint density at radius 2 is 2.15 bits per heavy atom. The van der Waals surface area contributed by atoms with Gasteiger partial charge in [-0.05, 0) is 37.0 Å². The molecule has 0 heterocycles. The number of aliphatic hydroxyl groups excluding tert-OH is 1. The van der Waals surface area contributed by atoms with Crippen molar-refractivity contribution in [1.82, 2.24) is 0 Å². The molecule has 0 saturated heterocycles. The Balaban J connectivity index is 2.85. The fraction of sp³-hybridized carbons (Fsp3) is 0.833. The third-order valence-electron chi connectivity index (χ3n) is 3.93. The topological polar surface area (TPSA) is 20.2 Å². The van der Waals surface area contributed by atoms with Gasteiger partial charge in [0.05, 0.1) is 0 Å². The summed E-state index contributed by atoms with van der Waals surface area (Å²) in [5, 5.41) is 9.03. The van der Waals surface area contributed by atoms with Crippen molar-refractivity contribution in [2.45, 2.75) is 40.5 Å². The zero-order valence-corrected chi connectivity index (χ0v) is 9.30. The Hall–Kier alpha value is -0.300. The Morgan fingerprint density at radius 3 is 2.69 bits per heavy atom. The fourth-order valence-electron chi connectivity index (χ4n) is 2.47. The maximum atomic E-state index is 9.03. The van der Waals surface area contributed by atoms with Crippen LogP contribution in [0.15, 0.2) is 11.6 Å². The van der Waals surface area contributed by atoms with Gasteiger partial charge < -0.3 is 5.11 Å². The third kappa shape index (κ3) is 1.96. The van der Waals surface area contributed by atoms with Crippen LogP contribution in [0.1, 0.15) is 40.5 Å². The zero-order valence-electron chi connectivity index (χ0n) is 9.30. The van der Waals surface area contributed by atoms with E-state index in [1.165, 1.54) is 12.0 Å². The van der Waals surface area contributed by atoms with Crippen LogP contribution in [0, 0.1) is 17.3 Å². The van der Waals surface area contributed by atoms with Gasteiger partial charge in [-0.25, -0.2) is 0 Å². The smallest absolute Gasteiger partial charge is 0.0436 e. The van der Waals surface area contributed by atoms with E-state index in [9.17, 15) is 0 Å². The van der Waals surface area contributed by atoms with Gasteiger partial charge in [0.25, 0.3) is 0 Å². The molecule has 2 atom stereocenters. The molecule has 0 amide bonds. The third-order valence-corrected chi connectivity index (χ3v) is 3.93. The lowest BCUT2D eigenvalue weighted by molar-refractivity contribution is 0.111. The molecule has 1 nitrogen and oxygen atoms in total. The minimum absolute atomic E-state index is 0.312. The van der Waals surface area contributed by atoms with Crippen LogP contribution in [0.5, 0.6) is 0 Å². The van der Waals surface area contributed by atoms with Crippen molar-refractivity contribution in [2.75, 3.05) is 6.61 Å². The summed E-state index contributed by atoms with van der Waals surface area (Å²) < 4.78 is 0. The van der Waals surface area contributed by atoms with Gasteiger partial charge >= 0.3 is 0 Å². The molecule has 0 fully saturated rings. The van der Waals surface area contributed by atoms with Crippen molar-refractivity contribution in [1.29, 1.82) is 0 Å². The molecule has 76 valence electrons. The SMILES string of the molecule is CC1=CCC(C)C(C)(C)C1CCO. The van der Waals surface area contributed by atoms with E-state index in [2.05, 4.69) is 33.8 Å². The van der Waals surface area contributed by atoms with Gasteiger partial charge in [0.1, 0.15) is 0 Å². The highest BCUT2D eigenvalue weighted by molar-refractivity contribution is 5.13. The molecule has 2 unspecified atom stereocenters. The molecular formula is C12H22O. The largest absolute Gasteiger partial charge is 0.396 e. The second kappa shape index (κ2) is 3.83. The number of hydrogen-bond donors (Lipinski definition) is 1. The molecule has 13 heavy (non-hydrogen) atoms. The predicted molar refractivity (Wildman–Crippen MR) is 56.5 cm³/mol. The highest BCUT2D eigenvalue weighted by Gasteiger charge is 2.37. The van der Waals surface area contributed by atoms with E-state index in [1.54, 1.807) is 0 Å². The van der Waals surface area contributed by atoms with Gasteiger partial charge in [0, 0.05) is 6.61 Å². The van der Waals surface area contributed by atoms with Gasteiger partial charge in [-0.2, -0.15) is 0 Å². The van der Waals surface area contributed by atoms with E-state index in [4.69, 9.17) is 5.11 Å². The summed E-state index contributed by atoms with van der Waals surface area (Å²) in [4.78, 5) is 0. The predicted octanol–water partition coefficient (Wildman–Crippen LogP) is 3.00. The minimum atomic E-state index is 0.312. The summed E-state index contributed by atoms with van der Waals surface area (Å²) in [6.45, 7) is 9.48. The van der Waals surface area contributed by atoms with Gasteiger partial charge in [-0.15, -0.1) is 0 Å². The van der Waals surface area contributed by atoms with Crippen molar-refractivity contribution in [3.8, 4) is 0 Å². The van der Waals surface area contributed by atoms with Crippen molar-refractivity contribution in [3.05, 3.63) is 11.6 Å². The summed E-state index contributed by atoms with van der Waals surface area (Å²) in [5.74, 6) is 1.30. The Bertz CT molecular complexity index is 203. The molecule has 1 N–H and O–H groups in total. The summed E-state index contributed by atoms with van der Waals surface area (Å²) in [6, 6.07) is 0. The summed E-state index contributed by atoms with van der Waals surface area (Å²) in [5.41, 5.74) is 1.82. The normalized spacial score (nSPS) is 32.8. The lowest BCUT2D eigenvalue weighted by Gasteiger charge is -2.43. The number of rotatable bonds is 2. The van der Waals surface area contributed by atoms with Crippen LogP contribution in [-0.4, -0.2) is 11.7 Å². The van der Waals surface area contributed by atoms with Crippen LogP contribution in [0.3, 0.4) is 0 Å². The monoisotopic (exact) mass is 182 g/mol. The van der Waals surface area contributed by atoms with Crippen LogP contribution in [0.2, 0.25) is 0 Å². The van der Waals surface area contributed by atoms with Crippen molar-refractivity contribution < 1.29 is 5.11 Å². The molecule has 0 bridgehead atoms. The second-order valence-corrected chi connectivity index (χ2v) is 4.97. The maximum absolute atomic E-state index is 9.03. The summed E-state index contributed by atoms with van der Waals surface area (Å²) in [7, 11) is 0. The van der Waals surface area contributed by atoms with E-state index < -0.39 is 0 Å². The quantitative estimate of drug-likeness (QED) is 0.651. The van der Waals surface area contributed by atoms with Crippen molar-refractivity contribution >= 4 is 0 Å². The zero-order chi connectivity index (χ0) is 10.1.